The van der Waals surface area contributed by atoms with Crippen molar-refractivity contribution in [2.45, 2.75) is 6.92 Å². The van der Waals surface area contributed by atoms with Crippen LogP contribution >= 0.6 is 15.9 Å². The number of rotatable bonds is 2. The minimum atomic E-state index is -0.293. The SMILES string of the molecule is Cc1cncc(NC(=O)c2ccc(Br)o2)c1. The standard InChI is InChI=1S/C11H9BrN2O2/c1-7-4-8(6-13-5-7)14-11(15)9-2-3-10(12)16-9/h2-6H,1H3,(H,14,15). The maximum absolute atomic E-state index is 11.7. The third-order valence-corrected chi connectivity index (χ3v) is 2.36. The molecule has 1 N–H and O–H groups in total. The normalized spacial score (nSPS) is 10.1. The van der Waals surface area contributed by atoms with E-state index in [4.69, 9.17) is 4.42 Å². The van der Waals surface area contributed by atoms with E-state index >= 15 is 0 Å². The number of nitrogens with one attached hydrogen (secondary N) is 1. The van der Waals surface area contributed by atoms with Crippen LogP contribution in [0.5, 0.6) is 0 Å². The van der Waals surface area contributed by atoms with Crippen molar-refractivity contribution in [3.8, 4) is 0 Å². The minimum Gasteiger partial charge on any atom is -0.444 e. The van der Waals surface area contributed by atoms with Crippen molar-refractivity contribution in [1.82, 2.24) is 4.98 Å². The number of halogens is 1. The molecule has 0 spiro atoms. The van der Waals surface area contributed by atoms with Gasteiger partial charge in [-0.25, -0.2) is 0 Å². The molecule has 0 aliphatic heterocycles. The van der Waals surface area contributed by atoms with E-state index in [2.05, 4.69) is 26.2 Å². The third-order valence-electron chi connectivity index (χ3n) is 1.93. The monoisotopic (exact) mass is 280 g/mol. The molecule has 0 atom stereocenters. The number of aryl methyl sites for hydroxylation is 1. The number of pyridine rings is 1. The first-order valence-corrected chi connectivity index (χ1v) is 5.43. The summed E-state index contributed by atoms with van der Waals surface area (Å²) in [7, 11) is 0. The predicted molar refractivity (Wildman–Crippen MR) is 63.3 cm³/mol. The molecule has 0 bridgehead atoms. The molecule has 0 saturated carbocycles. The van der Waals surface area contributed by atoms with Crippen molar-refractivity contribution in [2.75, 3.05) is 5.32 Å². The van der Waals surface area contributed by atoms with Crippen LogP contribution < -0.4 is 5.32 Å². The maximum atomic E-state index is 11.7. The molecular formula is C11H9BrN2O2. The lowest BCUT2D eigenvalue weighted by Gasteiger charge is -2.02. The van der Waals surface area contributed by atoms with Crippen LogP contribution in [0.4, 0.5) is 5.69 Å². The second-order valence-electron chi connectivity index (χ2n) is 3.31. The molecule has 2 heterocycles. The van der Waals surface area contributed by atoms with Crippen molar-refractivity contribution < 1.29 is 9.21 Å². The summed E-state index contributed by atoms with van der Waals surface area (Å²) >= 11 is 3.14. The minimum absolute atomic E-state index is 0.258. The Bertz CT molecular complexity index is 522. The number of carbonyl (C=O) groups excluding carboxylic acids is 1. The number of anilines is 1. The summed E-state index contributed by atoms with van der Waals surface area (Å²) in [5.74, 6) is -0.0357. The first-order valence-electron chi connectivity index (χ1n) is 4.63. The summed E-state index contributed by atoms with van der Waals surface area (Å²) in [5.41, 5.74) is 1.64. The summed E-state index contributed by atoms with van der Waals surface area (Å²) in [6, 6.07) is 5.11. The zero-order chi connectivity index (χ0) is 11.5. The Morgan fingerprint density at radius 2 is 2.25 bits per heavy atom. The topological polar surface area (TPSA) is 55.1 Å². The molecule has 2 aromatic rings. The fraction of sp³-hybridized carbons (Fsp3) is 0.0909. The molecule has 0 aliphatic rings. The fourth-order valence-corrected chi connectivity index (χ4v) is 1.56. The van der Waals surface area contributed by atoms with Crippen molar-refractivity contribution in [3.63, 3.8) is 0 Å². The molecule has 0 unspecified atom stereocenters. The molecule has 0 fully saturated rings. The fourth-order valence-electron chi connectivity index (χ4n) is 1.25. The summed E-state index contributed by atoms with van der Waals surface area (Å²) in [6.07, 6.45) is 3.31. The van der Waals surface area contributed by atoms with Gasteiger partial charge in [-0.2, -0.15) is 0 Å². The van der Waals surface area contributed by atoms with Gasteiger partial charge < -0.3 is 9.73 Å². The van der Waals surface area contributed by atoms with Gasteiger partial charge in [-0.05, 0) is 46.6 Å². The van der Waals surface area contributed by atoms with E-state index < -0.39 is 0 Å². The summed E-state index contributed by atoms with van der Waals surface area (Å²) in [4.78, 5) is 15.7. The molecule has 82 valence electrons. The highest BCUT2D eigenvalue weighted by Crippen LogP contribution is 2.16. The highest BCUT2D eigenvalue weighted by molar-refractivity contribution is 9.10. The number of hydrogen-bond donors (Lipinski definition) is 1. The Morgan fingerprint density at radius 3 is 2.88 bits per heavy atom. The Balaban J connectivity index is 2.13. The average molecular weight is 281 g/mol. The Morgan fingerprint density at radius 1 is 1.44 bits per heavy atom. The van der Waals surface area contributed by atoms with Crippen molar-refractivity contribution in [1.29, 1.82) is 0 Å². The van der Waals surface area contributed by atoms with Gasteiger partial charge in [0.05, 0.1) is 11.9 Å². The van der Waals surface area contributed by atoms with Gasteiger partial charge >= 0.3 is 0 Å². The zero-order valence-electron chi connectivity index (χ0n) is 8.53. The van der Waals surface area contributed by atoms with E-state index in [9.17, 15) is 4.79 Å². The van der Waals surface area contributed by atoms with Gasteiger partial charge in [0.2, 0.25) is 0 Å². The van der Waals surface area contributed by atoms with Gasteiger partial charge in [-0.3, -0.25) is 9.78 Å². The van der Waals surface area contributed by atoms with Crippen molar-refractivity contribution in [3.05, 3.63) is 46.6 Å². The van der Waals surface area contributed by atoms with Crippen LogP contribution in [0.3, 0.4) is 0 Å². The van der Waals surface area contributed by atoms with Crippen LogP contribution in [0.2, 0.25) is 0 Å². The zero-order valence-corrected chi connectivity index (χ0v) is 10.1. The quantitative estimate of drug-likeness (QED) is 0.920. The van der Waals surface area contributed by atoms with Crippen LogP contribution in [-0.2, 0) is 0 Å². The van der Waals surface area contributed by atoms with Crippen LogP contribution in [0, 0.1) is 6.92 Å². The molecule has 5 heteroatoms. The molecular weight excluding hydrogens is 272 g/mol. The van der Waals surface area contributed by atoms with Gasteiger partial charge in [0.1, 0.15) is 0 Å². The number of furan rings is 1. The van der Waals surface area contributed by atoms with E-state index in [-0.39, 0.29) is 11.7 Å². The lowest BCUT2D eigenvalue weighted by Crippen LogP contribution is -2.11. The average Bonchev–Trinajstić information content (AvgIpc) is 2.65. The number of hydrogen-bond acceptors (Lipinski definition) is 3. The molecule has 0 aromatic carbocycles. The van der Waals surface area contributed by atoms with E-state index in [0.29, 0.717) is 10.4 Å². The van der Waals surface area contributed by atoms with E-state index in [1.807, 2.05) is 13.0 Å². The van der Waals surface area contributed by atoms with E-state index in [1.165, 1.54) is 0 Å². The summed E-state index contributed by atoms with van der Waals surface area (Å²) in [6.45, 7) is 1.91. The maximum Gasteiger partial charge on any atom is 0.291 e. The smallest absolute Gasteiger partial charge is 0.291 e. The van der Waals surface area contributed by atoms with E-state index in [1.54, 1.807) is 24.5 Å². The third kappa shape index (κ3) is 2.49. The molecule has 1 amide bonds. The largest absolute Gasteiger partial charge is 0.444 e. The van der Waals surface area contributed by atoms with Crippen LogP contribution in [0.15, 0.2) is 39.7 Å². The van der Waals surface area contributed by atoms with Gasteiger partial charge in [0, 0.05) is 6.20 Å². The van der Waals surface area contributed by atoms with Crippen LogP contribution in [0.1, 0.15) is 16.1 Å². The highest BCUT2D eigenvalue weighted by Gasteiger charge is 2.10. The molecule has 2 rings (SSSR count). The number of carbonyl (C=O) groups is 1. The number of aromatic nitrogens is 1. The molecule has 2 aromatic heterocycles. The lowest BCUT2D eigenvalue weighted by atomic mass is 10.3. The predicted octanol–water partition coefficient (Wildman–Crippen LogP) is 3.00. The molecule has 16 heavy (non-hydrogen) atoms. The van der Waals surface area contributed by atoms with Crippen molar-refractivity contribution >= 4 is 27.5 Å². The lowest BCUT2D eigenvalue weighted by molar-refractivity contribution is 0.0995. The molecule has 4 nitrogen and oxygen atoms in total. The highest BCUT2D eigenvalue weighted by atomic mass is 79.9. The van der Waals surface area contributed by atoms with Gasteiger partial charge in [0.15, 0.2) is 10.4 Å². The first kappa shape index (κ1) is 10.9. The van der Waals surface area contributed by atoms with Crippen LogP contribution in [-0.4, -0.2) is 10.9 Å². The van der Waals surface area contributed by atoms with Gasteiger partial charge in [-0.15, -0.1) is 0 Å². The summed E-state index contributed by atoms with van der Waals surface area (Å²) < 4.78 is 5.66. The summed E-state index contributed by atoms with van der Waals surface area (Å²) in [5, 5.41) is 2.70. The van der Waals surface area contributed by atoms with Crippen molar-refractivity contribution in [2.24, 2.45) is 0 Å². The molecule has 0 saturated heterocycles. The second kappa shape index (κ2) is 4.49. The second-order valence-corrected chi connectivity index (χ2v) is 4.09. The number of nitrogens with zero attached hydrogens (tertiary/aromatic N) is 1. The Labute approximate surface area is 101 Å². The van der Waals surface area contributed by atoms with Gasteiger partial charge in [-0.1, -0.05) is 0 Å². The van der Waals surface area contributed by atoms with Gasteiger partial charge in [0.25, 0.3) is 5.91 Å². The molecule has 0 aliphatic carbocycles. The van der Waals surface area contributed by atoms with Crippen LogP contribution in [0.25, 0.3) is 0 Å². The van der Waals surface area contributed by atoms with E-state index in [0.717, 1.165) is 5.56 Å². The first-order chi connectivity index (χ1) is 7.65. The molecule has 0 radical (unpaired) electrons. The Kier molecular flexibility index (Phi) is 3.05. The Hall–Kier alpha value is -1.62. The number of amides is 1.